The van der Waals surface area contributed by atoms with Crippen LogP contribution < -0.4 is 10.1 Å². The molecular formula is C15H22N4O4. The number of aromatic nitrogens is 2. The Labute approximate surface area is 134 Å². The first kappa shape index (κ1) is 17.0. The molecule has 2 heterocycles. The van der Waals surface area contributed by atoms with Gasteiger partial charge in [-0.1, -0.05) is 13.8 Å². The van der Waals surface area contributed by atoms with Gasteiger partial charge in [-0.05, 0) is 5.92 Å². The zero-order chi connectivity index (χ0) is 16.8. The molecule has 2 amide bonds. The number of piperidine rings is 1. The third-order valence-electron chi connectivity index (χ3n) is 3.79. The molecule has 1 atom stereocenters. The maximum absolute atomic E-state index is 12.5. The van der Waals surface area contributed by atoms with Crippen LogP contribution in [0.4, 0.5) is 4.79 Å². The van der Waals surface area contributed by atoms with Gasteiger partial charge in [0.15, 0.2) is 0 Å². The van der Waals surface area contributed by atoms with Crippen LogP contribution in [0.5, 0.6) is 5.88 Å². The van der Waals surface area contributed by atoms with E-state index in [1.54, 1.807) is 23.5 Å². The number of ether oxygens (including phenoxy) is 1. The predicted molar refractivity (Wildman–Crippen MR) is 82.0 cm³/mol. The van der Waals surface area contributed by atoms with Crippen LogP contribution in [0.1, 0.15) is 26.7 Å². The fraction of sp³-hybridized carbons (Fsp3) is 0.600. The lowest BCUT2D eigenvalue weighted by Gasteiger charge is -2.34. The van der Waals surface area contributed by atoms with Gasteiger partial charge in [-0.3, -0.25) is 9.78 Å². The van der Waals surface area contributed by atoms with Crippen LogP contribution in [0, 0.1) is 5.92 Å². The van der Waals surface area contributed by atoms with Gasteiger partial charge in [-0.15, -0.1) is 0 Å². The Kier molecular flexibility index (Phi) is 5.72. The van der Waals surface area contributed by atoms with Crippen LogP contribution in [0.15, 0.2) is 18.6 Å². The first-order valence-corrected chi connectivity index (χ1v) is 7.68. The summed E-state index contributed by atoms with van der Waals surface area (Å²) in [5.74, 6) is 0.192. The van der Waals surface area contributed by atoms with Gasteiger partial charge in [0.25, 0.3) is 0 Å². The first-order valence-electron chi connectivity index (χ1n) is 7.68. The third-order valence-corrected chi connectivity index (χ3v) is 3.79. The van der Waals surface area contributed by atoms with E-state index < -0.39 is 12.1 Å². The number of nitrogens with zero attached hydrogens (tertiary/aromatic N) is 3. The van der Waals surface area contributed by atoms with Gasteiger partial charge >= 0.3 is 6.09 Å². The number of likely N-dealkylation sites (tertiary alicyclic amines) is 1. The highest BCUT2D eigenvalue weighted by Crippen LogP contribution is 2.18. The molecule has 0 unspecified atom stereocenters. The molecule has 1 aliphatic heterocycles. The normalized spacial score (nSPS) is 16.9. The van der Waals surface area contributed by atoms with Crippen molar-refractivity contribution >= 4 is 12.0 Å². The van der Waals surface area contributed by atoms with Crippen molar-refractivity contribution in [3.05, 3.63) is 18.6 Å². The number of carboxylic acid groups (broad SMARTS) is 1. The van der Waals surface area contributed by atoms with Gasteiger partial charge in [0.05, 0.1) is 6.20 Å². The third kappa shape index (κ3) is 4.80. The van der Waals surface area contributed by atoms with Crippen molar-refractivity contribution in [1.82, 2.24) is 20.2 Å². The van der Waals surface area contributed by atoms with Crippen molar-refractivity contribution in [2.45, 2.75) is 38.8 Å². The number of hydrogen-bond acceptors (Lipinski definition) is 5. The molecule has 0 bridgehead atoms. The summed E-state index contributed by atoms with van der Waals surface area (Å²) >= 11 is 0. The second kappa shape index (κ2) is 7.75. The van der Waals surface area contributed by atoms with E-state index in [-0.39, 0.29) is 17.9 Å². The van der Waals surface area contributed by atoms with E-state index in [4.69, 9.17) is 9.84 Å². The molecule has 1 aliphatic rings. The van der Waals surface area contributed by atoms with Crippen molar-refractivity contribution in [3.8, 4) is 5.88 Å². The van der Waals surface area contributed by atoms with E-state index in [1.165, 1.54) is 0 Å². The minimum absolute atomic E-state index is 0.0133. The van der Waals surface area contributed by atoms with Gasteiger partial charge in [0.2, 0.25) is 11.8 Å². The summed E-state index contributed by atoms with van der Waals surface area (Å²) in [6.07, 6.45) is 4.87. The number of carbonyl (C=O) groups excluding carboxylic acids is 1. The molecule has 1 fully saturated rings. The van der Waals surface area contributed by atoms with Crippen molar-refractivity contribution in [2.24, 2.45) is 5.92 Å². The van der Waals surface area contributed by atoms with Gasteiger partial charge < -0.3 is 20.1 Å². The number of nitrogens with one attached hydrogen (secondary N) is 1. The van der Waals surface area contributed by atoms with Crippen LogP contribution in [-0.2, 0) is 4.79 Å². The van der Waals surface area contributed by atoms with E-state index in [9.17, 15) is 9.59 Å². The Morgan fingerprint density at radius 3 is 2.57 bits per heavy atom. The Morgan fingerprint density at radius 1 is 1.35 bits per heavy atom. The fourth-order valence-corrected chi connectivity index (χ4v) is 2.55. The van der Waals surface area contributed by atoms with E-state index in [1.807, 2.05) is 13.8 Å². The van der Waals surface area contributed by atoms with Gasteiger partial charge in [-0.25, -0.2) is 9.78 Å². The first-order chi connectivity index (χ1) is 11.0. The van der Waals surface area contributed by atoms with E-state index >= 15 is 0 Å². The summed E-state index contributed by atoms with van der Waals surface area (Å²) in [6, 6.07) is -0.718. The fourth-order valence-electron chi connectivity index (χ4n) is 2.55. The summed E-state index contributed by atoms with van der Waals surface area (Å²) in [5.41, 5.74) is 0. The average molecular weight is 322 g/mol. The van der Waals surface area contributed by atoms with Crippen molar-refractivity contribution in [3.63, 3.8) is 0 Å². The number of hydrogen-bond donors (Lipinski definition) is 2. The zero-order valence-electron chi connectivity index (χ0n) is 13.3. The van der Waals surface area contributed by atoms with E-state index in [0.29, 0.717) is 31.8 Å². The molecule has 23 heavy (non-hydrogen) atoms. The van der Waals surface area contributed by atoms with Crippen LogP contribution >= 0.6 is 0 Å². The second-order valence-electron chi connectivity index (χ2n) is 5.86. The summed E-state index contributed by atoms with van der Waals surface area (Å²) < 4.78 is 5.73. The lowest BCUT2D eigenvalue weighted by Crippen LogP contribution is -2.53. The molecule has 1 aromatic rings. The standard InChI is InChI=1S/C15H22N4O4/c1-10(2)13(18-15(21)22)14(20)19-7-3-11(4-8-19)23-12-9-16-5-6-17-12/h5-6,9-11,13,18H,3-4,7-8H2,1-2H3,(H,21,22)/t13-/m0/s1. The van der Waals surface area contributed by atoms with Crippen molar-refractivity contribution in [2.75, 3.05) is 13.1 Å². The van der Waals surface area contributed by atoms with E-state index in [2.05, 4.69) is 15.3 Å². The smallest absolute Gasteiger partial charge is 0.405 e. The lowest BCUT2D eigenvalue weighted by molar-refractivity contribution is -0.136. The number of amides is 2. The summed E-state index contributed by atoms with van der Waals surface area (Å²) in [5, 5.41) is 11.2. The molecule has 0 spiro atoms. The molecule has 8 heteroatoms. The van der Waals surface area contributed by atoms with Crippen LogP contribution in [0.25, 0.3) is 0 Å². The topological polar surface area (TPSA) is 105 Å². The highest BCUT2D eigenvalue weighted by atomic mass is 16.5. The highest BCUT2D eigenvalue weighted by molar-refractivity contribution is 5.85. The van der Waals surface area contributed by atoms with Gasteiger partial charge in [-0.2, -0.15) is 0 Å². The van der Waals surface area contributed by atoms with Gasteiger partial charge in [0, 0.05) is 38.3 Å². The Hall–Kier alpha value is -2.38. The molecule has 0 aromatic carbocycles. The number of rotatable bonds is 5. The number of carbonyl (C=O) groups is 2. The largest absolute Gasteiger partial charge is 0.473 e. The van der Waals surface area contributed by atoms with Crippen molar-refractivity contribution in [1.29, 1.82) is 0 Å². The summed E-state index contributed by atoms with van der Waals surface area (Å²) in [7, 11) is 0. The molecule has 2 N–H and O–H groups in total. The minimum Gasteiger partial charge on any atom is -0.473 e. The van der Waals surface area contributed by atoms with Crippen LogP contribution in [0.2, 0.25) is 0 Å². The minimum atomic E-state index is -1.18. The molecule has 1 saturated heterocycles. The monoisotopic (exact) mass is 322 g/mol. The second-order valence-corrected chi connectivity index (χ2v) is 5.86. The molecule has 1 aromatic heterocycles. The molecule has 0 radical (unpaired) electrons. The molecule has 0 aliphatic carbocycles. The summed E-state index contributed by atoms with van der Waals surface area (Å²) in [6.45, 7) is 4.72. The SMILES string of the molecule is CC(C)[C@H](NC(=O)O)C(=O)N1CCC(Oc2cnccn2)CC1. The Bertz CT molecular complexity index is 530. The quantitative estimate of drug-likeness (QED) is 0.842. The van der Waals surface area contributed by atoms with Crippen LogP contribution in [-0.4, -0.2) is 57.2 Å². The zero-order valence-corrected chi connectivity index (χ0v) is 13.3. The molecule has 0 saturated carbocycles. The molecule has 126 valence electrons. The molecule has 2 rings (SSSR count). The van der Waals surface area contributed by atoms with Gasteiger partial charge in [0.1, 0.15) is 12.1 Å². The van der Waals surface area contributed by atoms with Crippen LogP contribution in [0.3, 0.4) is 0 Å². The highest BCUT2D eigenvalue weighted by Gasteiger charge is 2.31. The Balaban J connectivity index is 1.87. The summed E-state index contributed by atoms with van der Waals surface area (Å²) in [4.78, 5) is 33.0. The van der Waals surface area contributed by atoms with E-state index in [0.717, 1.165) is 0 Å². The predicted octanol–water partition coefficient (Wildman–Crippen LogP) is 1.14. The Morgan fingerprint density at radius 2 is 2.04 bits per heavy atom. The molecule has 8 nitrogen and oxygen atoms in total. The van der Waals surface area contributed by atoms with Crippen molar-refractivity contribution < 1.29 is 19.4 Å². The average Bonchev–Trinajstić information content (AvgIpc) is 2.53. The maximum Gasteiger partial charge on any atom is 0.405 e. The maximum atomic E-state index is 12.5. The molecular weight excluding hydrogens is 300 g/mol. The lowest BCUT2D eigenvalue weighted by atomic mass is 10.0.